The number of phosphoric ester groups is 2. The van der Waals surface area contributed by atoms with Gasteiger partial charge in [0.15, 0.2) is 12.2 Å². The molecule has 0 radical (unpaired) electrons. The van der Waals surface area contributed by atoms with E-state index in [9.17, 15) is 43.2 Å². The van der Waals surface area contributed by atoms with Gasteiger partial charge < -0.3 is 33.8 Å². The number of carbonyl (C=O) groups excluding carboxylic acids is 4. The maximum Gasteiger partial charge on any atom is 0.472 e. The number of ether oxygens (including phenoxy) is 4. The van der Waals surface area contributed by atoms with Gasteiger partial charge in [-0.15, -0.1) is 0 Å². The molecule has 0 aliphatic rings. The van der Waals surface area contributed by atoms with Crippen molar-refractivity contribution >= 4 is 39.5 Å². The molecule has 0 bridgehead atoms. The van der Waals surface area contributed by atoms with Crippen molar-refractivity contribution in [2.75, 3.05) is 39.6 Å². The predicted molar refractivity (Wildman–Crippen MR) is 368 cm³/mol. The second-order valence-electron chi connectivity index (χ2n) is 26.9. The molecule has 91 heavy (non-hydrogen) atoms. The van der Waals surface area contributed by atoms with Crippen LogP contribution in [0.1, 0.15) is 369 Å². The molecular formula is C72H140O17P2. The van der Waals surface area contributed by atoms with Crippen molar-refractivity contribution < 1.29 is 80.2 Å². The van der Waals surface area contributed by atoms with Crippen molar-refractivity contribution in [3.63, 3.8) is 0 Å². The molecular weight excluding hydrogens is 1200 g/mol. The minimum Gasteiger partial charge on any atom is -0.462 e. The molecule has 2 unspecified atom stereocenters. The maximum atomic E-state index is 13.0. The first-order valence-corrected chi connectivity index (χ1v) is 40.5. The van der Waals surface area contributed by atoms with Gasteiger partial charge in [0.1, 0.15) is 19.3 Å². The van der Waals surface area contributed by atoms with Crippen molar-refractivity contribution in [3.05, 3.63) is 0 Å². The monoisotopic (exact) mass is 1340 g/mol. The Labute approximate surface area is 556 Å². The van der Waals surface area contributed by atoms with Crippen LogP contribution in [0.3, 0.4) is 0 Å². The fourth-order valence-electron chi connectivity index (χ4n) is 10.9. The van der Waals surface area contributed by atoms with Crippen LogP contribution in [-0.2, 0) is 65.4 Å². The van der Waals surface area contributed by atoms with Gasteiger partial charge in [0.25, 0.3) is 0 Å². The Balaban J connectivity index is 5.15. The zero-order valence-corrected chi connectivity index (χ0v) is 60.9. The number of unbranched alkanes of at least 4 members (excludes halogenated alkanes) is 41. The predicted octanol–water partition coefficient (Wildman–Crippen LogP) is 20.8. The van der Waals surface area contributed by atoms with Gasteiger partial charge in [-0.25, -0.2) is 9.13 Å². The standard InChI is InChI=1S/C72H140O17P2/c1-7-9-11-13-14-15-25-33-38-44-50-56-71(76)88-67(60-82-69(74)54-48-40-12-10-8-2)62-86-90(78,79)84-58-66(73)59-85-91(80,81)87-63-68(61-83-70(75)55-49-43-37-32-28-23-20-19-22-27-31-36-42-47-53-65(5)6)89-72(77)57-51-45-39-34-29-24-18-16-17-21-26-30-35-41-46-52-64(3)4/h64-68,73H,7-63H2,1-6H3,(H,78,79)(H,80,81)/t66-,67+,68+/m0/s1. The molecule has 0 rings (SSSR count). The smallest absolute Gasteiger partial charge is 0.462 e. The summed E-state index contributed by atoms with van der Waals surface area (Å²) in [5.41, 5.74) is 0. The molecule has 0 spiro atoms. The van der Waals surface area contributed by atoms with E-state index in [2.05, 4.69) is 41.5 Å². The molecule has 0 aromatic rings. The zero-order valence-electron chi connectivity index (χ0n) is 59.1. The Hall–Kier alpha value is -1.94. The first-order valence-electron chi connectivity index (χ1n) is 37.5. The van der Waals surface area contributed by atoms with E-state index in [1.807, 2.05) is 0 Å². The highest BCUT2D eigenvalue weighted by Crippen LogP contribution is 2.45. The zero-order chi connectivity index (χ0) is 67.2. The first kappa shape index (κ1) is 89.1. The van der Waals surface area contributed by atoms with Crippen molar-refractivity contribution in [3.8, 4) is 0 Å². The first-order chi connectivity index (χ1) is 43.9. The van der Waals surface area contributed by atoms with E-state index in [4.69, 9.17) is 37.0 Å². The number of carbonyl (C=O) groups is 4. The lowest BCUT2D eigenvalue weighted by atomic mass is 10.0. The fourth-order valence-corrected chi connectivity index (χ4v) is 12.5. The van der Waals surface area contributed by atoms with Crippen LogP contribution in [0.25, 0.3) is 0 Å². The third-order valence-corrected chi connectivity index (χ3v) is 18.6. The van der Waals surface area contributed by atoms with E-state index < -0.39 is 97.5 Å². The molecule has 0 aromatic heterocycles. The quantitative estimate of drug-likeness (QED) is 0.0222. The summed E-state index contributed by atoms with van der Waals surface area (Å²) >= 11 is 0. The molecule has 17 nitrogen and oxygen atoms in total. The minimum atomic E-state index is -4.95. The molecule has 5 atom stereocenters. The van der Waals surface area contributed by atoms with Crippen LogP contribution in [-0.4, -0.2) is 96.7 Å². The summed E-state index contributed by atoms with van der Waals surface area (Å²) in [6, 6.07) is 0. The number of aliphatic hydroxyl groups is 1. The van der Waals surface area contributed by atoms with E-state index in [1.165, 1.54) is 180 Å². The van der Waals surface area contributed by atoms with Gasteiger partial charge in [-0.3, -0.25) is 37.3 Å². The Kier molecular flexibility index (Phi) is 62.7. The molecule has 0 aliphatic heterocycles. The summed E-state index contributed by atoms with van der Waals surface area (Å²) < 4.78 is 68.1. The largest absolute Gasteiger partial charge is 0.472 e. The van der Waals surface area contributed by atoms with E-state index >= 15 is 0 Å². The molecule has 0 aliphatic carbocycles. The second kappa shape index (κ2) is 64.1. The van der Waals surface area contributed by atoms with Crippen LogP contribution >= 0.6 is 15.6 Å². The summed E-state index contributed by atoms with van der Waals surface area (Å²) in [6.45, 7) is 9.52. The van der Waals surface area contributed by atoms with Gasteiger partial charge in [0.05, 0.1) is 26.4 Å². The number of hydrogen-bond acceptors (Lipinski definition) is 15. The number of esters is 4. The number of phosphoric acid groups is 2. The second-order valence-corrected chi connectivity index (χ2v) is 29.8. The summed E-state index contributed by atoms with van der Waals surface area (Å²) in [7, 11) is -9.89. The average Bonchev–Trinajstić information content (AvgIpc) is 3.72. The van der Waals surface area contributed by atoms with Crippen LogP contribution in [0.2, 0.25) is 0 Å². The van der Waals surface area contributed by atoms with E-state index in [1.54, 1.807) is 0 Å². The SMILES string of the molecule is CCCCCCCCCCCCCC(=O)O[C@H](COC(=O)CCCCCCC)COP(=O)(O)OC[C@H](O)COP(=O)(O)OC[C@@H](COC(=O)CCCCCCCCCCCCCCCCC(C)C)OC(=O)CCCCCCCCCCCCCCCCCC(C)C. The van der Waals surface area contributed by atoms with Crippen molar-refractivity contribution in [2.45, 2.75) is 387 Å². The van der Waals surface area contributed by atoms with Crippen LogP contribution in [0.4, 0.5) is 0 Å². The van der Waals surface area contributed by atoms with Crippen molar-refractivity contribution in [1.29, 1.82) is 0 Å². The topological polar surface area (TPSA) is 237 Å². The number of aliphatic hydroxyl groups excluding tert-OH is 1. The summed E-state index contributed by atoms with van der Waals surface area (Å²) in [4.78, 5) is 72.3. The normalized spacial score (nSPS) is 14.1. The Morgan fingerprint density at radius 2 is 0.505 bits per heavy atom. The van der Waals surface area contributed by atoms with E-state index in [0.717, 1.165) is 108 Å². The Bertz CT molecular complexity index is 1770. The van der Waals surface area contributed by atoms with Gasteiger partial charge >= 0.3 is 39.5 Å². The van der Waals surface area contributed by atoms with E-state index in [-0.39, 0.29) is 25.7 Å². The van der Waals surface area contributed by atoms with Crippen LogP contribution in [0.15, 0.2) is 0 Å². The summed E-state index contributed by atoms with van der Waals surface area (Å²) in [5, 5.41) is 10.6. The lowest BCUT2D eigenvalue weighted by Crippen LogP contribution is -2.30. The highest BCUT2D eigenvalue weighted by atomic mass is 31.2. The van der Waals surface area contributed by atoms with Gasteiger partial charge in [0.2, 0.25) is 0 Å². The molecule has 0 heterocycles. The third-order valence-electron chi connectivity index (χ3n) is 16.7. The molecule has 0 aromatic carbocycles. The lowest BCUT2D eigenvalue weighted by Gasteiger charge is -2.21. The van der Waals surface area contributed by atoms with Crippen molar-refractivity contribution in [1.82, 2.24) is 0 Å². The molecule has 0 saturated carbocycles. The van der Waals surface area contributed by atoms with Gasteiger partial charge in [-0.2, -0.15) is 0 Å². The molecule has 540 valence electrons. The van der Waals surface area contributed by atoms with Crippen LogP contribution in [0, 0.1) is 11.8 Å². The average molecular weight is 1340 g/mol. The molecule has 19 heteroatoms. The highest BCUT2D eigenvalue weighted by Gasteiger charge is 2.30. The fraction of sp³-hybridized carbons (Fsp3) is 0.944. The number of rotatable bonds is 71. The molecule has 0 saturated heterocycles. The maximum absolute atomic E-state index is 13.0. The van der Waals surface area contributed by atoms with Gasteiger partial charge in [-0.05, 0) is 37.5 Å². The van der Waals surface area contributed by atoms with E-state index in [0.29, 0.717) is 25.7 Å². The Morgan fingerprint density at radius 3 is 0.747 bits per heavy atom. The highest BCUT2D eigenvalue weighted by molar-refractivity contribution is 7.47. The molecule has 3 N–H and O–H groups in total. The summed E-state index contributed by atoms with van der Waals surface area (Å²) in [5.74, 6) is -0.530. The third kappa shape index (κ3) is 66.5. The molecule has 0 amide bonds. The summed E-state index contributed by atoms with van der Waals surface area (Å²) in [6.07, 6.45) is 50.3. The number of hydrogen-bond donors (Lipinski definition) is 3. The minimum absolute atomic E-state index is 0.106. The van der Waals surface area contributed by atoms with Gasteiger partial charge in [0, 0.05) is 25.7 Å². The molecule has 0 fully saturated rings. The lowest BCUT2D eigenvalue weighted by molar-refractivity contribution is -0.161. The van der Waals surface area contributed by atoms with Crippen LogP contribution in [0.5, 0.6) is 0 Å². The van der Waals surface area contributed by atoms with Crippen molar-refractivity contribution in [2.24, 2.45) is 11.8 Å². The van der Waals surface area contributed by atoms with Crippen LogP contribution < -0.4 is 0 Å². The Morgan fingerprint density at radius 1 is 0.297 bits per heavy atom. The van der Waals surface area contributed by atoms with Gasteiger partial charge in [-0.1, -0.05) is 318 Å².